The number of thiophene rings is 1. The van der Waals surface area contributed by atoms with E-state index >= 15 is 0 Å². The van der Waals surface area contributed by atoms with Gasteiger partial charge in [0.15, 0.2) is 0 Å². The maximum Gasteiger partial charge on any atom is 0.251 e. The SMILES string of the molecule is CC(Cc1cccs1)NC(=O)c1ccc(N)cc1. The summed E-state index contributed by atoms with van der Waals surface area (Å²) >= 11 is 1.71. The van der Waals surface area contributed by atoms with E-state index < -0.39 is 0 Å². The van der Waals surface area contributed by atoms with Crippen molar-refractivity contribution >= 4 is 22.9 Å². The lowest BCUT2D eigenvalue weighted by atomic mass is 10.1. The van der Waals surface area contributed by atoms with E-state index in [0.717, 1.165) is 6.42 Å². The van der Waals surface area contributed by atoms with Crippen molar-refractivity contribution < 1.29 is 4.79 Å². The van der Waals surface area contributed by atoms with Crippen molar-refractivity contribution in [3.63, 3.8) is 0 Å². The lowest BCUT2D eigenvalue weighted by Crippen LogP contribution is -2.33. The van der Waals surface area contributed by atoms with Crippen molar-refractivity contribution in [1.29, 1.82) is 0 Å². The third-order valence-corrected chi connectivity index (χ3v) is 3.54. The molecule has 0 saturated carbocycles. The average Bonchev–Trinajstić information content (AvgIpc) is 2.82. The van der Waals surface area contributed by atoms with E-state index in [4.69, 9.17) is 5.73 Å². The zero-order valence-corrected chi connectivity index (χ0v) is 11.0. The first kappa shape index (κ1) is 12.6. The number of rotatable bonds is 4. The Balaban J connectivity index is 1.92. The molecule has 0 aliphatic rings. The molecule has 2 rings (SSSR count). The van der Waals surface area contributed by atoms with Gasteiger partial charge in [-0.05, 0) is 42.6 Å². The molecule has 0 aliphatic heterocycles. The van der Waals surface area contributed by atoms with Crippen LogP contribution in [0.15, 0.2) is 41.8 Å². The maximum atomic E-state index is 11.9. The van der Waals surface area contributed by atoms with Crippen molar-refractivity contribution in [2.24, 2.45) is 0 Å². The number of hydrogen-bond acceptors (Lipinski definition) is 3. The fourth-order valence-electron chi connectivity index (χ4n) is 1.72. The number of benzene rings is 1. The van der Waals surface area contributed by atoms with Crippen molar-refractivity contribution in [1.82, 2.24) is 5.32 Å². The molecule has 0 aliphatic carbocycles. The Morgan fingerprint density at radius 3 is 2.67 bits per heavy atom. The van der Waals surface area contributed by atoms with Crippen LogP contribution in [0.4, 0.5) is 5.69 Å². The monoisotopic (exact) mass is 260 g/mol. The Labute approximate surface area is 111 Å². The molecule has 3 nitrogen and oxygen atoms in total. The Morgan fingerprint density at radius 1 is 1.33 bits per heavy atom. The zero-order chi connectivity index (χ0) is 13.0. The van der Waals surface area contributed by atoms with Crippen LogP contribution in [-0.4, -0.2) is 11.9 Å². The van der Waals surface area contributed by atoms with Crippen LogP contribution >= 0.6 is 11.3 Å². The van der Waals surface area contributed by atoms with Crippen LogP contribution in [0.3, 0.4) is 0 Å². The standard InChI is InChI=1S/C14H16N2OS/c1-10(9-13-3-2-8-18-13)16-14(17)11-4-6-12(15)7-5-11/h2-8,10H,9,15H2,1H3,(H,16,17). The molecule has 0 bridgehead atoms. The number of amides is 1. The Morgan fingerprint density at radius 2 is 2.06 bits per heavy atom. The Hall–Kier alpha value is -1.81. The topological polar surface area (TPSA) is 55.1 Å². The number of hydrogen-bond donors (Lipinski definition) is 2. The summed E-state index contributed by atoms with van der Waals surface area (Å²) in [5, 5.41) is 5.03. The van der Waals surface area contributed by atoms with Gasteiger partial charge in [-0.15, -0.1) is 11.3 Å². The molecule has 2 aromatic rings. The normalized spacial score (nSPS) is 12.1. The minimum Gasteiger partial charge on any atom is -0.399 e. The molecule has 0 saturated heterocycles. The number of anilines is 1. The van der Waals surface area contributed by atoms with Gasteiger partial charge in [0.2, 0.25) is 0 Å². The molecule has 4 heteroatoms. The summed E-state index contributed by atoms with van der Waals surface area (Å²) in [6.45, 7) is 2.01. The van der Waals surface area contributed by atoms with E-state index in [1.54, 1.807) is 35.6 Å². The average molecular weight is 260 g/mol. The first-order valence-electron chi connectivity index (χ1n) is 5.84. The molecule has 0 fully saturated rings. The molecule has 94 valence electrons. The molecule has 1 aromatic heterocycles. The maximum absolute atomic E-state index is 11.9. The molecule has 1 atom stereocenters. The first-order chi connectivity index (χ1) is 8.65. The lowest BCUT2D eigenvalue weighted by Gasteiger charge is -2.13. The predicted molar refractivity (Wildman–Crippen MR) is 75.8 cm³/mol. The van der Waals surface area contributed by atoms with E-state index in [1.807, 2.05) is 18.4 Å². The molecule has 0 radical (unpaired) electrons. The van der Waals surface area contributed by atoms with Gasteiger partial charge in [0, 0.05) is 28.6 Å². The van der Waals surface area contributed by atoms with Crippen LogP contribution in [0, 0.1) is 0 Å². The molecule has 1 heterocycles. The minimum absolute atomic E-state index is 0.0564. The van der Waals surface area contributed by atoms with Crippen LogP contribution < -0.4 is 11.1 Å². The second-order valence-corrected chi connectivity index (χ2v) is 5.31. The summed E-state index contributed by atoms with van der Waals surface area (Å²) < 4.78 is 0. The van der Waals surface area contributed by atoms with Crippen molar-refractivity contribution in [2.75, 3.05) is 5.73 Å². The van der Waals surface area contributed by atoms with Gasteiger partial charge in [-0.3, -0.25) is 4.79 Å². The van der Waals surface area contributed by atoms with Gasteiger partial charge in [-0.25, -0.2) is 0 Å². The van der Waals surface area contributed by atoms with Crippen LogP contribution in [0.25, 0.3) is 0 Å². The molecule has 1 aromatic carbocycles. The fraction of sp³-hybridized carbons (Fsp3) is 0.214. The van der Waals surface area contributed by atoms with Crippen LogP contribution in [-0.2, 0) is 6.42 Å². The van der Waals surface area contributed by atoms with Gasteiger partial charge < -0.3 is 11.1 Å². The summed E-state index contributed by atoms with van der Waals surface area (Å²) in [4.78, 5) is 13.2. The third-order valence-electron chi connectivity index (χ3n) is 2.64. The van der Waals surface area contributed by atoms with Crippen molar-refractivity contribution in [2.45, 2.75) is 19.4 Å². The summed E-state index contributed by atoms with van der Waals surface area (Å²) in [7, 11) is 0. The number of carbonyl (C=O) groups excluding carboxylic acids is 1. The van der Waals surface area contributed by atoms with Gasteiger partial charge in [0.1, 0.15) is 0 Å². The second kappa shape index (κ2) is 5.69. The van der Waals surface area contributed by atoms with E-state index in [1.165, 1.54) is 4.88 Å². The van der Waals surface area contributed by atoms with Crippen molar-refractivity contribution in [3.05, 3.63) is 52.2 Å². The summed E-state index contributed by atoms with van der Waals surface area (Å²) in [6, 6.07) is 11.2. The highest BCUT2D eigenvalue weighted by atomic mass is 32.1. The summed E-state index contributed by atoms with van der Waals surface area (Å²) in [6.07, 6.45) is 0.860. The van der Waals surface area contributed by atoms with E-state index in [0.29, 0.717) is 11.3 Å². The first-order valence-corrected chi connectivity index (χ1v) is 6.72. The molecular weight excluding hydrogens is 244 g/mol. The third kappa shape index (κ3) is 3.34. The highest BCUT2D eigenvalue weighted by Gasteiger charge is 2.10. The molecular formula is C14H16N2OS. The van der Waals surface area contributed by atoms with Gasteiger partial charge in [-0.2, -0.15) is 0 Å². The van der Waals surface area contributed by atoms with E-state index in [-0.39, 0.29) is 11.9 Å². The quantitative estimate of drug-likeness (QED) is 0.830. The summed E-state index contributed by atoms with van der Waals surface area (Å²) in [5.41, 5.74) is 6.89. The van der Waals surface area contributed by atoms with Gasteiger partial charge in [0.05, 0.1) is 0 Å². The number of carbonyl (C=O) groups is 1. The highest BCUT2D eigenvalue weighted by Crippen LogP contribution is 2.11. The van der Waals surface area contributed by atoms with Gasteiger partial charge >= 0.3 is 0 Å². The Bertz CT molecular complexity index is 505. The van der Waals surface area contributed by atoms with Crippen LogP contribution in [0.5, 0.6) is 0 Å². The smallest absolute Gasteiger partial charge is 0.251 e. The molecule has 0 spiro atoms. The lowest BCUT2D eigenvalue weighted by molar-refractivity contribution is 0.0940. The van der Waals surface area contributed by atoms with Gasteiger partial charge in [-0.1, -0.05) is 6.07 Å². The fourth-order valence-corrected chi connectivity index (χ4v) is 2.56. The van der Waals surface area contributed by atoms with Crippen LogP contribution in [0.2, 0.25) is 0 Å². The second-order valence-electron chi connectivity index (χ2n) is 4.28. The number of nitrogen functional groups attached to an aromatic ring is 1. The summed E-state index contributed by atoms with van der Waals surface area (Å²) in [5.74, 6) is -0.0564. The van der Waals surface area contributed by atoms with E-state index in [9.17, 15) is 4.79 Å². The zero-order valence-electron chi connectivity index (χ0n) is 10.2. The molecule has 3 N–H and O–H groups in total. The number of nitrogens with two attached hydrogens (primary N) is 1. The number of nitrogens with one attached hydrogen (secondary N) is 1. The highest BCUT2D eigenvalue weighted by molar-refractivity contribution is 7.09. The molecule has 1 amide bonds. The largest absolute Gasteiger partial charge is 0.399 e. The predicted octanol–water partition coefficient (Wildman–Crippen LogP) is 2.69. The van der Waals surface area contributed by atoms with Crippen LogP contribution in [0.1, 0.15) is 22.2 Å². The minimum atomic E-state index is -0.0564. The molecule has 18 heavy (non-hydrogen) atoms. The Kier molecular flexibility index (Phi) is 3.99. The molecule has 1 unspecified atom stereocenters. The van der Waals surface area contributed by atoms with E-state index in [2.05, 4.69) is 11.4 Å². The van der Waals surface area contributed by atoms with Crippen molar-refractivity contribution in [3.8, 4) is 0 Å². The van der Waals surface area contributed by atoms with Gasteiger partial charge in [0.25, 0.3) is 5.91 Å².